The summed E-state index contributed by atoms with van der Waals surface area (Å²) < 4.78 is 48.3. The van der Waals surface area contributed by atoms with E-state index >= 15 is 0 Å². The molecular weight excluding hydrogens is 374 g/mol. The maximum atomic E-state index is 13.1. The third kappa shape index (κ3) is 4.40. The van der Waals surface area contributed by atoms with Gasteiger partial charge in [-0.1, -0.05) is 6.07 Å². The molecule has 7 heteroatoms. The molecule has 1 spiro atoms. The van der Waals surface area contributed by atoms with E-state index in [1.165, 1.54) is 6.20 Å². The van der Waals surface area contributed by atoms with Crippen molar-refractivity contribution in [2.24, 2.45) is 5.41 Å². The molecule has 156 valence electrons. The molecule has 2 aliphatic rings. The third-order valence-corrected chi connectivity index (χ3v) is 6.43. The summed E-state index contributed by atoms with van der Waals surface area (Å²) in [5.74, 6) is 0. The van der Waals surface area contributed by atoms with Gasteiger partial charge in [0.25, 0.3) is 0 Å². The Morgan fingerprint density at radius 3 is 2.57 bits per heavy atom. The highest BCUT2D eigenvalue weighted by molar-refractivity contribution is 7.84. The van der Waals surface area contributed by atoms with Crippen LogP contribution in [-0.4, -0.2) is 43.6 Å². The largest absolute Gasteiger partial charge is 0.444 e. The zero-order valence-corrected chi connectivity index (χ0v) is 18.4. The maximum Gasteiger partial charge on any atom is 0.410 e. The second-order valence-electron chi connectivity index (χ2n) is 9.43. The minimum Gasteiger partial charge on any atom is -0.444 e. The molecule has 1 aliphatic carbocycles. The van der Waals surface area contributed by atoms with Gasteiger partial charge in [-0.15, -0.1) is 0 Å². The first kappa shape index (κ1) is 17.4. The molecule has 2 heterocycles. The Morgan fingerprint density at radius 2 is 2.00 bits per heavy atom. The fraction of sp³-hybridized carbons (Fsp3) is 0.714. The van der Waals surface area contributed by atoms with Crippen LogP contribution >= 0.6 is 0 Å². The number of ether oxygens (including phenoxy) is 1. The van der Waals surface area contributed by atoms with E-state index in [9.17, 15) is 10.4 Å². The van der Waals surface area contributed by atoms with Gasteiger partial charge in [-0.3, -0.25) is 4.98 Å². The van der Waals surface area contributed by atoms with Gasteiger partial charge in [0, 0.05) is 27.7 Å². The van der Waals surface area contributed by atoms with Crippen LogP contribution in [0.5, 0.6) is 0 Å². The molecule has 1 fully saturated rings. The number of hydrogen-bond donors (Lipinski definition) is 1. The van der Waals surface area contributed by atoms with Crippen molar-refractivity contribution in [2.45, 2.75) is 77.1 Å². The normalized spacial score (nSPS) is 28.8. The molecule has 1 amide bonds. The highest BCUT2D eigenvalue weighted by Crippen LogP contribution is 2.51. The topological polar surface area (TPSA) is 71.5 Å². The lowest BCUT2D eigenvalue weighted by Crippen LogP contribution is -2.49. The Labute approximate surface area is 175 Å². The van der Waals surface area contributed by atoms with Crippen LogP contribution in [0.4, 0.5) is 4.79 Å². The second kappa shape index (κ2) is 7.41. The number of amides is 1. The van der Waals surface area contributed by atoms with E-state index < -0.39 is 45.2 Å². The lowest BCUT2D eigenvalue weighted by molar-refractivity contribution is 0.00719. The first-order valence-electron chi connectivity index (χ1n) is 11.2. The molecule has 0 unspecified atom stereocenters. The zero-order chi connectivity index (χ0) is 23.5. The Kier molecular flexibility index (Phi) is 4.60. The van der Waals surface area contributed by atoms with E-state index in [0.29, 0.717) is 5.56 Å². The molecule has 1 aromatic rings. The first-order chi connectivity index (χ1) is 14.1. The van der Waals surface area contributed by atoms with Crippen LogP contribution < -0.4 is 4.72 Å². The van der Waals surface area contributed by atoms with E-state index in [1.807, 2.05) is 20.8 Å². The molecule has 6 nitrogen and oxygen atoms in total. The minimum atomic E-state index is -1.93. The molecule has 0 saturated carbocycles. The van der Waals surface area contributed by atoms with Crippen LogP contribution in [0.2, 0.25) is 0 Å². The van der Waals surface area contributed by atoms with E-state index in [2.05, 4.69) is 9.71 Å². The predicted octanol–water partition coefficient (Wildman–Crippen LogP) is 3.75. The van der Waals surface area contributed by atoms with Crippen molar-refractivity contribution in [3.05, 3.63) is 29.6 Å². The molecule has 0 radical (unpaired) electrons. The number of nitrogens with one attached hydrogen (secondary N) is 1. The Hall–Kier alpha value is -1.47. The van der Waals surface area contributed by atoms with Crippen molar-refractivity contribution >= 4 is 17.1 Å². The van der Waals surface area contributed by atoms with Crippen molar-refractivity contribution in [3.8, 4) is 0 Å². The van der Waals surface area contributed by atoms with Crippen LogP contribution in [0.15, 0.2) is 18.3 Å². The van der Waals surface area contributed by atoms with Crippen molar-refractivity contribution in [3.63, 3.8) is 0 Å². The zero-order valence-electron chi connectivity index (χ0n) is 20.6. The fourth-order valence-corrected chi connectivity index (χ4v) is 4.22. The Bertz CT molecular complexity index is 890. The summed E-state index contributed by atoms with van der Waals surface area (Å²) in [6.07, 6.45) is -0.424. The third-order valence-electron chi connectivity index (χ3n) is 4.93. The van der Waals surface area contributed by atoms with Gasteiger partial charge >= 0.3 is 6.09 Å². The van der Waals surface area contributed by atoms with Crippen molar-refractivity contribution in [1.82, 2.24) is 14.6 Å². The summed E-state index contributed by atoms with van der Waals surface area (Å²) in [7, 11) is -1.60. The average molecular weight is 411 g/mol. The van der Waals surface area contributed by atoms with E-state index in [4.69, 9.17) is 7.48 Å². The van der Waals surface area contributed by atoms with Crippen molar-refractivity contribution < 1.29 is 17.9 Å². The number of nitrogens with zero attached hydrogens (tertiary/aromatic N) is 2. The standard InChI is InChI=1S/C21H33N3O3S/c1-19(2,3)27-18(25)24-12-9-21(10-13-24)14-16-15(8-7-11-22-16)17(21)23-28(26)20(4,5)6/h7-8,11,17,23H,9-10,12-14H2,1-6H3/t17-,28-/m1/s1/i14D2,17D. The number of rotatable bonds is 2. The number of fused-ring (bicyclic) bond motifs is 1. The summed E-state index contributed by atoms with van der Waals surface area (Å²) in [5.41, 5.74) is -1.26. The Morgan fingerprint density at radius 1 is 1.36 bits per heavy atom. The van der Waals surface area contributed by atoms with Gasteiger partial charge in [-0.25, -0.2) is 13.7 Å². The molecule has 0 bridgehead atoms. The van der Waals surface area contributed by atoms with E-state index in [0.717, 1.165) is 0 Å². The van der Waals surface area contributed by atoms with Crippen molar-refractivity contribution in [2.75, 3.05) is 13.1 Å². The lowest BCUT2D eigenvalue weighted by atomic mass is 9.73. The molecule has 1 aromatic heterocycles. The summed E-state index contributed by atoms with van der Waals surface area (Å²) in [5, 5.41) is 0. The molecule has 1 N–H and O–H groups in total. The van der Waals surface area contributed by atoms with Gasteiger partial charge in [-0.05, 0) is 77.8 Å². The SMILES string of the molecule is [2H]C1([2H])c2ncccc2[C@@]([2H])(N[S@](=O)C(C)(C)C)C12CCN(C(=O)OC(C)(C)C)CC2. The predicted molar refractivity (Wildman–Crippen MR) is 111 cm³/mol. The van der Waals surface area contributed by atoms with Gasteiger partial charge in [0.05, 0.1) is 23.1 Å². The van der Waals surface area contributed by atoms with E-state index in [-0.39, 0.29) is 31.6 Å². The fourth-order valence-electron chi connectivity index (χ4n) is 3.42. The maximum absolute atomic E-state index is 13.1. The summed E-state index contributed by atoms with van der Waals surface area (Å²) in [6.45, 7) is 11.3. The summed E-state index contributed by atoms with van der Waals surface area (Å²) >= 11 is 0. The molecule has 3 rings (SSSR count). The van der Waals surface area contributed by atoms with Gasteiger partial charge in [0.2, 0.25) is 0 Å². The van der Waals surface area contributed by atoms with Gasteiger partial charge in [-0.2, -0.15) is 0 Å². The number of hydrogen-bond acceptors (Lipinski definition) is 4. The summed E-state index contributed by atoms with van der Waals surface area (Å²) in [6, 6.07) is 1.71. The van der Waals surface area contributed by atoms with Crippen LogP contribution in [0.25, 0.3) is 0 Å². The van der Waals surface area contributed by atoms with Crippen LogP contribution in [0.1, 0.15) is 75.8 Å². The number of carbonyl (C=O) groups excluding carboxylic acids is 1. The number of aromatic nitrogens is 1. The van der Waals surface area contributed by atoms with Crippen LogP contribution in [-0.2, 0) is 22.1 Å². The van der Waals surface area contributed by atoms with Crippen LogP contribution in [0, 0.1) is 5.41 Å². The molecule has 1 aliphatic heterocycles. The molecular formula is C21H33N3O3S. The minimum absolute atomic E-state index is 0.203. The smallest absolute Gasteiger partial charge is 0.410 e. The molecule has 1 saturated heterocycles. The lowest BCUT2D eigenvalue weighted by Gasteiger charge is -2.43. The molecule has 0 aromatic carbocycles. The number of piperidine rings is 1. The number of pyridine rings is 1. The highest BCUT2D eigenvalue weighted by Gasteiger charge is 2.50. The quantitative estimate of drug-likeness (QED) is 0.806. The first-order valence-corrected chi connectivity index (χ1v) is 10.8. The monoisotopic (exact) mass is 410 g/mol. The highest BCUT2D eigenvalue weighted by atomic mass is 32.2. The van der Waals surface area contributed by atoms with Gasteiger partial charge < -0.3 is 9.64 Å². The molecule has 2 atom stereocenters. The summed E-state index contributed by atoms with van der Waals surface area (Å²) in [4.78, 5) is 18.4. The van der Waals surface area contributed by atoms with Crippen molar-refractivity contribution in [1.29, 1.82) is 0 Å². The van der Waals surface area contributed by atoms with Gasteiger partial charge in [0.15, 0.2) is 0 Å². The average Bonchev–Trinajstić information content (AvgIpc) is 2.77. The molecule has 28 heavy (non-hydrogen) atoms. The number of carbonyl (C=O) groups is 1. The van der Waals surface area contributed by atoms with Crippen LogP contribution in [0.3, 0.4) is 0 Å². The number of likely N-dealkylation sites (tertiary alicyclic amines) is 1. The van der Waals surface area contributed by atoms with E-state index in [1.54, 1.807) is 37.8 Å². The Balaban J connectivity index is 2.00. The second-order valence-corrected chi connectivity index (χ2v) is 11.4. The van der Waals surface area contributed by atoms with Gasteiger partial charge in [0.1, 0.15) is 5.60 Å².